The van der Waals surface area contributed by atoms with Crippen LogP contribution in [-0.4, -0.2) is 64.2 Å². The zero-order valence-corrected chi connectivity index (χ0v) is 18.3. The number of hydrogen-bond acceptors (Lipinski definition) is 6. The molecule has 1 saturated heterocycles. The molecule has 172 valence electrons. The average Bonchev–Trinajstić information content (AvgIpc) is 3.22. The highest BCUT2D eigenvalue weighted by Crippen LogP contribution is 2.32. The van der Waals surface area contributed by atoms with Crippen LogP contribution in [0.25, 0.3) is 17.0 Å². The first kappa shape index (κ1) is 22.5. The first-order chi connectivity index (χ1) is 15.2. The molecular weight excluding hydrogens is 445 g/mol. The van der Waals surface area contributed by atoms with Crippen LogP contribution in [0.1, 0.15) is 25.3 Å². The number of anilines is 1. The summed E-state index contributed by atoms with van der Waals surface area (Å²) in [5.74, 6) is 0.760. The molecule has 1 fully saturated rings. The molecule has 0 N–H and O–H groups in total. The van der Waals surface area contributed by atoms with E-state index in [9.17, 15) is 21.6 Å². The van der Waals surface area contributed by atoms with Gasteiger partial charge in [0.2, 0.25) is 16.0 Å². The van der Waals surface area contributed by atoms with Gasteiger partial charge in [0, 0.05) is 37.9 Å². The van der Waals surface area contributed by atoms with Gasteiger partial charge in [-0.25, -0.2) is 13.4 Å². The Hall–Kier alpha value is -2.73. The average molecular weight is 469 g/mol. The number of benzene rings is 1. The molecule has 0 saturated carbocycles. The summed E-state index contributed by atoms with van der Waals surface area (Å²) in [6.07, 6.45) is -1.54. The van der Waals surface area contributed by atoms with E-state index in [1.54, 1.807) is 12.1 Å². The van der Waals surface area contributed by atoms with E-state index < -0.39 is 21.8 Å². The number of nitrogens with zero attached hydrogens (tertiary/aromatic N) is 6. The second kappa shape index (κ2) is 8.66. The summed E-state index contributed by atoms with van der Waals surface area (Å²) in [6.45, 7) is 3.44. The SMILES string of the molecule is CCCCS(=O)(=O)N1CCN(c2nc3nccc(-c4cccc(C(F)(F)F)c4)n3n2)CC1. The molecule has 12 heteroatoms. The van der Waals surface area contributed by atoms with Crippen molar-refractivity contribution in [3.63, 3.8) is 0 Å². The van der Waals surface area contributed by atoms with Gasteiger partial charge >= 0.3 is 6.18 Å². The van der Waals surface area contributed by atoms with Crippen molar-refractivity contribution >= 4 is 21.7 Å². The van der Waals surface area contributed by atoms with E-state index in [1.807, 2.05) is 11.8 Å². The standard InChI is InChI=1S/C20H23F3N6O2S/c1-2-3-13-32(30,31)28-11-9-27(10-12-28)19-25-18-24-8-7-17(29(18)26-19)15-5-4-6-16(14-15)20(21,22)23/h4-8,14H,2-3,9-13H2,1H3. The van der Waals surface area contributed by atoms with Crippen molar-refractivity contribution < 1.29 is 21.6 Å². The molecule has 0 spiro atoms. The van der Waals surface area contributed by atoms with Gasteiger partial charge < -0.3 is 4.90 Å². The summed E-state index contributed by atoms with van der Waals surface area (Å²) in [5, 5.41) is 4.46. The normalized spacial score (nSPS) is 16.1. The lowest BCUT2D eigenvalue weighted by molar-refractivity contribution is -0.137. The van der Waals surface area contributed by atoms with Crippen LogP contribution < -0.4 is 4.90 Å². The monoisotopic (exact) mass is 468 g/mol. The van der Waals surface area contributed by atoms with Gasteiger partial charge in [0.05, 0.1) is 17.0 Å². The minimum absolute atomic E-state index is 0.139. The van der Waals surface area contributed by atoms with E-state index in [-0.39, 0.29) is 11.5 Å². The summed E-state index contributed by atoms with van der Waals surface area (Å²) in [7, 11) is -3.28. The molecule has 1 aromatic carbocycles. The topological polar surface area (TPSA) is 83.7 Å². The van der Waals surface area contributed by atoms with Gasteiger partial charge in [-0.2, -0.15) is 27.0 Å². The van der Waals surface area contributed by atoms with E-state index in [0.717, 1.165) is 18.6 Å². The van der Waals surface area contributed by atoms with Gasteiger partial charge in [0.15, 0.2) is 0 Å². The van der Waals surface area contributed by atoms with Crippen LogP contribution in [0.3, 0.4) is 0 Å². The van der Waals surface area contributed by atoms with Crippen molar-refractivity contribution in [2.24, 2.45) is 0 Å². The third kappa shape index (κ3) is 4.56. The lowest BCUT2D eigenvalue weighted by Gasteiger charge is -2.33. The fraction of sp³-hybridized carbons (Fsp3) is 0.450. The third-order valence-corrected chi connectivity index (χ3v) is 7.34. The molecule has 1 aliphatic heterocycles. The molecule has 2 aromatic heterocycles. The number of rotatable bonds is 6. The van der Waals surface area contributed by atoms with Gasteiger partial charge in [-0.05, 0) is 24.6 Å². The van der Waals surface area contributed by atoms with Crippen LogP contribution in [0.5, 0.6) is 0 Å². The molecule has 4 rings (SSSR count). The Morgan fingerprint density at radius 2 is 1.84 bits per heavy atom. The van der Waals surface area contributed by atoms with Crippen LogP contribution >= 0.6 is 0 Å². The van der Waals surface area contributed by atoms with Crippen LogP contribution in [0.4, 0.5) is 19.1 Å². The van der Waals surface area contributed by atoms with Crippen molar-refractivity contribution in [2.45, 2.75) is 25.9 Å². The lowest BCUT2D eigenvalue weighted by Crippen LogP contribution is -2.49. The Labute approximate surface area is 183 Å². The largest absolute Gasteiger partial charge is 0.416 e. The Morgan fingerprint density at radius 3 is 2.53 bits per heavy atom. The highest BCUT2D eigenvalue weighted by atomic mass is 32.2. The van der Waals surface area contributed by atoms with Gasteiger partial charge in [0.25, 0.3) is 5.78 Å². The predicted octanol–water partition coefficient (Wildman–Crippen LogP) is 3.06. The molecule has 8 nitrogen and oxygen atoms in total. The maximum absolute atomic E-state index is 13.1. The molecule has 1 aliphatic rings. The summed E-state index contributed by atoms with van der Waals surface area (Å²) in [4.78, 5) is 10.4. The number of alkyl halides is 3. The highest BCUT2D eigenvalue weighted by Gasteiger charge is 2.31. The van der Waals surface area contributed by atoms with Gasteiger partial charge in [0.1, 0.15) is 0 Å². The minimum atomic E-state index is -4.45. The van der Waals surface area contributed by atoms with Gasteiger partial charge in [-0.1, -0.05) is 25.5 Å². The van der Waals surface area contributed by atoms with E-state index in [0.29, 0.717) is 49.8 Å². The Morgan fingerprint density at radius 1 is 1.09 bits per heavy atom. The number of piperazine rings is 1. The third-order valence-electron chi connectivity index (χ3n) is 5.39. The zero-order chi connectivity index (χ0) is 22.9. The maximum Gasteiger partial charge on any atom is 0.416 e. The van der Waals surface area contributed by atoms with Crippen LogP contribution in [-0.2, 0) is 16.2 Å². The molecule has 0 bridgehead atoms. The van der Waals surface area contributed by atoms with Crippen LogP contribution in [0.2, 0.25) is 0 Å². The smallest absolute Gasteiger partial charge is 0.337 e. The fourth-order valence-electron chi connectivity index (χ4n) is 3.61. The van der Waals surface area contributed by atoms with E-state index >= 15 is 0 Å². The second-order valence-electron chi connectivity index (χ2n) is 7.59. The molecule has 0 aliphatic carbocycles. The maximum atomic E-state index is 13.1. The van der Waals surface area contributed by atoms with Crippen molar-refractivity contribution in [1.29, 1.82) is 0 Å². The fourth-order valence-corrected chi connectivity index (χ4v) is 5.24. The summed E-state index contributed by atoms with van der Waals surface area (Å²) >= 11 is 0. The van der Waals surface area contributed by atoms with Crippen molar-refractivity contribution in [1.82, 2.24) is 23.9 Å². The summed E-state index contributed by atoms with van der Waals surface area (Å²) in [5.41, 5.74) is 0.0249. The van der Waals surface area contributed by atoms with Gasteiger partial charge in [-0.15, -0.1) is 5.10 Å². The van der Waals surface area contributed by atoms with Crippen LogP contribution in [0.15, 0.2) is 36.5 Å². The molecule has 3 aromatic rings. The van der Waals surface area contributed by atoms with Crippen LogP contribution in [0, 0.1) is 0 Å². The number of fused-ring (bicyclic) bond motifs is 1. The molecule has 32 heavy (non-hydrogen) atoms. The first-order valence-electron chi connectivity index (χ1n) is 10.3. The number of halogens is 3. The molecule has 0 atom stereocenters. The number of hydrogen-bond donors (Lipinski definition) is 0. The number of sulfonamides is 1. The molecule has 0 unspecified atom stereocenters. The number of aromatic nitrogens is 4. The summed E-state index contributed by atoms with van der Waals surface area (Å²) < 4.78 is 67.1. The lowest BCUT2D eigenvalue weighted by atomic mass is 10.1. The predicted molar refractivity (Wildman–Crippen MR) is 114 cm³/mol. The Kier molecular flexibility index (Phi) is 6.08. The first-order valence-corrected chi connectivity index (χ1v) is 11.9. The van der Waals surface area contributed by atoms with Crippen molar-refractivity contribution in [2.75, 3.05) is 36.8 Å². The highest BCUT2D eigenvalue weighted by molar-refractivity contribution is 7.89. The quantitative estimate of drug-likeness (QED) is 0.553. The minimum Gasteiger partial charge on any atom is -0.337 e. The summed E-state index contributed by atoms with van der Waals surface area (Å²) in [6, 6.07) is 6.59. The molecule has 3 heterocycles. The Bertz CT molecular complexity index is 1200. The molecule has 0 amide bonds. The van der Waals surface area contributed by atoms with E-state index in [1.165, 1.54) is 21.1 Å². The molecular formula is C20H23F3N6O2S. The van der Waals surface area contributed by atoms with Crippen molar-refractivity contribution in [3.8, 4) is 11.3 Å². The van der Waals surface area contributed by atoms with E-state index in [4.69, 9.17) is 0 Å². The Balaban J connectivity index is 1.57. The second-order valence-corrected chi connectivity index (χ2v) is 9.68. The van der Waals surface area contributed by atoms with Gasteiger partial charge in [-0.3, -0.25) is 0 Å². The zero-order valence-electron chi connectivity index (χ0n) is 17.5. The van der Waals surface area contributed by atoms with E-state index in [2.05, 4.69) is 15.1 Å². The number of unbranched alkanes of at least 4 members (excludes halogenated alkanes) is 1. The van der Waals surface area contributed by atoms with Crippen molar-refractivity contribution in [3.05, 3.63) is 42.1 Å². The molecule has 0 radical (unpaired) electrons.